The molecule has 0 radical (unpaired) electrons. The van der Waals surface area contributed by atoms with Crippen LogP contribution in [0.25, 0.3) is 11.3 Å². The van der Waals surface area contributed by atoms with Gasteiger partial charge in [0.15, 0.2) is 0 Å². The molecule has 1 aromatic heterocycles. The van der Waals surface area contributed by atoms with Gasteiger partial charge < -0.3 is 5.11 Å². The topological polar surface area (TPSA) is 76.3 Å². The van der Waals surface area contributed by atoms with Gasteiger partial charge in [0, 0.05) is 17.7 Å². The molecule has 1 aromatic carbocycles. The van der Waals surface area contributed by atoms with Crippen molar-refractivity contribution in [1.82, 2.24) is 4.98 Å². The number of rotatable bonds is 3. The second-order valence-electron chi connectivity index (χ2n) is 3.48. The molecule has 0 amide bonds. The van der Waals surface area contributed by atoms with Gasteiger partial charge in [-0.1, -0.05) is 18.2 Å². The Hall–Kier alpha value is -2.27. The Morgan fingerprint density at radius 2 is 2.00 bits per heavy atom. The first-order valence-electron chi connectivity index (χ1n) is 5.02. The lowest BCUT2D eigenvalue weighted by Crippen LogP contribution is -1.92. The van der Waals surface area contributed by atoms with Gasteiger partial charge >= 0.3 is 0 Å². The SMILES string of the molecule is O=[N+]([O-])c1cccc(-c2cccc(CO)n2)c1. The second-order valence-corrected chi connectivity index (χ2v) is 3.48. The van der Waals surface area contributed by atoms with E-state index in [9.17, 15) is 10.1 Å². The van der Waals surface area contributed by atoms with Crippen LogP contribution in [-0.2, 0) is 6.61 Å². The van der Waals surface area contributed by atoms with Gasteiger partial charge in [-0.05, 0) is 12.1 Å². The van der Waals surface area contributed by atoms with E-state index in [-0.39, 0.29) is 12.3 Å². The summed E-state index contributed by atoms with van der Waals surface area (Å²) in [5, 5.41) is 19.6. The van der Waals surface area contributed by atoms with Crippen LogP contribution in [0.1, 0.15) is 5.69 Å². The van der Waals surface area contributed by atoms with Crippen LogP contribution in [-0.4, -0.2) is 15.0 Å². The third-order valence-corrected chi connectivity index (χ3v) is 2.32. The number of nitro benzene ring substituents is 1. The average molecular weight is 230 g/mol. The molecule has 0 fully saturated rings. The maximum absolute atomic E-state index is 10.7. The number of aliphatic hydroxyl groups excluding tert-OH is 1. The Kier molecular flexibility index (Phi) is 3.11. The van der Waals surface area contributed by atoms with E-state index in [4.69, 9.17) is 5.11 Å². The Morgan fingerprint density at radius 1 is 1.24 bits per heavy atom. The van der Waals surface area contributed by atoms with Gasteiger partial charge in [0.2, 0.25) is 0 Å². The molecular weight excluding hydrogens is 220 g/mol. The van der Waals surface area contributed by atoms with Crippen molar-refractivity contribution in [3.8, 4) is 11.3 Å². The molecule has 0 aliphatic rings. The van der Waals surface area contributed by atoms with E-state index in [2.05, 4.69) is 4.98 Å². The van der Waals surface area contributed by atoms with Crippen molar-refractivity contribution in [2.45, 2.75) is 6.61 Å². The van der Waals surface area contributed by atoms with Crippen LogP contribution < -0.4 is 0 Å². The number of nitro groups is 1. The van der Waals surface area contributed by atoms with Gasteiger partial charge in [0.25, 0.3) is 5.69 Å². The molecule has 0 saturated heterocycles. The van der Waals surface area contributed by atoms with E-state index in [1.807, 2.05) is 0 Å². The van der Waals surface area contributed by atoms with Crippen molar-refractivity contribution in [3.05, 3.63) is 58.3 Å². The van der Waals surface area contributed by atoms with Crippen molar-refractivity contribution in [1.29, 1.82) is 0 Å². The zero-order valence-corrected chi connectivity index (χ0v) is 8.91. The summed E-state index contributed by atoms with van der Waals surface area (Å²) in [4.78, 5) is 14.4. The fourth-order valence-corrected chi connectivity index (χ4v) is 1.51. The molecule has 5 nitrogen and oxygen atoms in total. The van der Waals surface area contributed by atoms with Crippen molar-refractivity contribution < 1.29 is 10.0 Å². The fourth-order valence-electron chi connectivity index (χ4n) is 1.51. The van der Waals surface area contributed by atoms with Crippen molar-refractivity contribution in [3.63, 3.8) is 0 Å². The number of non-ortho nitro benzene ring substituents is 1. The average Bonchev–Trinajstić information content (AvgIpc) is 2.39. The molecule has 1 N–H and O–H groups in total. The summed E-state index contributed by atoms with van der Waals surface area (Å²) in [6, 6.07) is 11.5. The van der Waals surface area contributed by atoms with Crippen LogP contribution in [0.2, 0.25) is 0 Å². The minimum atomic E-state index is -0.445. The molecule has 0 aliphatic carbocycles. The monoisotopic (exact) mass is 230 g/mol. The predicted octanol–water partition coefficient (Wildman–Crippen LogP) is 2.15. The number of hydrogen-bond donors (Lipinski definition) is 1. The van der Waals surface area contributed by atoms with Crippen LogP contribution in [0, 0.1) is 10.1 Å². The van der Waals surface area contributed by atoms with Gasteiger partial charge in [-0.2, -0.15) is 0 Å². The quantitative estimate of drug-likeness (QED) is 0.647. The molecule has 0 saturated carbocycles. The van der Waals surface area contributed by atoms with E-state index >= 15 is 0 Å². The summed E-state index contributed by atoms with van der Waals surface area (Å²) in [6.45, 7) is -0.150. The largest absolute Gasteiger partial charge is 0.390 e. The number of aromatic nitrogens is 1. The van der Waals surface area contributed by atoms with E-state index < -0.39 is 4.92 Å². The number of nitrogens with zero attached hydrogens (tertiary/aromatic N) is 2. The Morgan fingerprint density at radius 3 is 2.71 bits per heavy atom. The minimum absolute atomic E-state index is 0.0266. The first-order chi connectivity index (χ1) is 8.20. The van der Waals surface area contributed by atoms with Gasteiger partial charge in [0.05, 0.1) is 22.9 Å². The van der Waals surface area contributed by atoms with Crippen LogP contribution in [0.3, 0.4) is 0 Å². The number of aliphatic hydroxyl groups is 1. The smallest absolute Gasteiger partial charge is 0.270 e. The standard InChI is InChI=1S/C12H10N2O3/c15-8-10-4-2-6-12(13-10)9-3-1-5-11(7-9)14(16)17/h1-7,15H,8H2. The van der Waals surface area contributed by atoms with Crippen molar-refractivity contribution >= 4 is 5.69 Å². The zero-order valence-electron chi connectivity index (χ0n) is 8.91. The van der Waals surface area contributed by atoms with Gasteiger partial charge in [0.1, 0.15) is 0 Å². The summed E-state index contributed by atoms with van der Waals surface area (Å²) in [7, 11) is 0. The van der Waals surface area contributed by atoms with Crippen LogP contribution in [0.15, 0.2) is 42.5 Å². The maximum atomic E-state index is 10.7. The molecule has 0 spiro atoms. The molecule has 17 heavy (non-hydrogen) atoms. The summed E-state index contributed by atoms with van der Waals surface area (Å²) < 4.78 is 0. The Bertz CT molecular complexity index is 555. The lowest BCUT2D eigenvalue weighted by atomic mass is 10.1. The summed E-state index contributed by atoms with van der Waals surface area (Å²) in [5.74, 6) is 0. The fraction of sp³-hybridized carbons (Fsp3) is 0.0833. The highest BCUT2D eigenvalue weighted by molar-refractivity contribution is 5.62. The Balaban J connectivity index is 2.45. The number of pyridine rings is 1. The molecule has 0 atom stereocenters. The first kappa shape index (κ1) is 11.2. The molecule has 5 heteroatoms. The predicted molar refractivity (Wildman–Crippen MR) is 62.3 cm³/mol. The summed E-state index contributed by atoms with van der Waals surface area (Å²) in [5.41, 5.74) is 1.84. The number of benzene rings is 1. The third-order valence-electron chi connectivity index (χ3n) is 2.32. The van der Waals surface area contributed by atoms with Gasteiger partial charge in [-0.25, -0.2) is 0 Å². The summed E-state index contributed by atoms with van der Waals surface area (Å²) >= 11 is 0. The lowest BCUT2D eigenvalue weighted by Gasteiger charge is -2.02. The summed E-state index contributed by atoms with van der Waals surface area (Å²) in [6.07, 6.45) is 0. The molecular formula is C12H10N2O3. The molecule has 2 aromatic rings. The van der Waals surface area contributed by atoms with E-state index in [0.717, 1.165) is 0 Å². The highest BCUT2D eigenvalue weighted by Crippen LogP contribution is 2.22. The molecule has 2 rings (SSSR count). The normalized spacial score (nSPS) is 10.2. The van der Waals surface area contributed by atoms with Crippen molar-refractivity contribution in [2.75, 3.05) is 0 Å². The van der Waals surface area contributed by atoms with E-state index in [1.54, 1.807) is 30.3 Å². The third kappa shape index (κ3) is 2.46. The highest BCUT2D eigenvalue weighted by Gasteiger charge is 2.07. The highest BCUT2D eigenvalue weighted by atomic mass is 16.6. The minimum Gasteiger partial charge on any atom is -0.390 e. The molecule has 86 valence electrons. The maximum Gasteiger partial charge on any atom is 0.270 e. The molecule has 0 bridgehead atoms. The Labute approximate surface area is 97.5 Å². The van der Waals surface area contributed by atoms with Crippen LogP contribution >= 0.6 is 0 Å². The van der Waals surface area contributed by atoms with E-state index in [1.165, 1.54) is 12.1 Å². The second kappa shape index (κ2) is 4.71. The molecule has 1 heterocycles. The molecule has 0 aliphatic heterocycles. The van der Waals surface area contributed by atoms with Crippen LogP contribution in [0.5, 0.6) is 0 Å². The molecule has 0 unspecified atom stereocenters. The van der Waals surface area contributed by atoms with Crippen molar-refractivity contribution in [2.24, 2.45) is 0 Å². The van der Waals surface area contributed by atoms with Gasteiger partial charge in [-0.15, -0.1) is 0 Å². The van der Waals surface area contributed by atoms with Gasteiger partial charge in [-0.3, -0.25) is 15.1 Å². The number of hydrogen-bond acceptors (Lipinski definition) is 4. The zero-order chi connectivity index (χ0) is 12.3. The van der Waals surface area contributed by atoms with Crippen LogP contribution in [0.4, 0.5) is 5.69 Å². The van der Waals surface area contributed by atoms with E-state index in [0.29, 0.717) is 17.0 Å². The first-order valence-corrected chi connectivity index (χ1v) is 5.02. The lowest BCUT2D eigenvalue weighted by molar-refractivity contribution is -0.384.